The molecule has 24 heavy (non-hydrogen) atoms. The molecule has 0 aromatic carbocycles. The molecule has 0 radical (unpaired) electrons. The number of fused-ring (bicyclic) bond motifs is 1. The van der Waals surface area contributed by atoms with E-state index in [0.717, 1.165) is 0 Å². The van der Waals surface area contributed by atoms with Crippen LogP contribution in [0.5, 0.6) is 0 Å². The predicted octanol–water partition coefficient (Wildman–Crippen LogP) is -2.36. The summed E-state index contributed by atoms with van der Waals surface area (Å²) in [5, 5.41) is 18.4. The van der Waals surface area contributed by atoms with E-state index in [1.54, 1.807) is 0 Å². The minimum atomic E-state index is -1.09. The zero-order chi connectivity index (χ0) is 17.4. The van der Waals surface area contributed by atoms with Gasteiger partial charge in [-0.05, 0) is 0 Å². The molecule has 0 unspecified atom stereocenters. The fourth-order valence-corrected chi connectivity index (χ4v) is 3.20. The Morgan fingerprint density at radius 2 is 2.29 bits per heavy atom. The van der Waals surface area contributed by atoms with Gasteiger partial charge in [0.15, 0.2) is 0 Å². The van der Waals surface area contributed by atoms with Crippen LogP contribution in [0, 0.1) is 0 Å². The van der Waals surface area contributed by atoms with Gasteiger partial charge in [0.2, 0.25) is 0 Å². The van der Waals surface area contributed by atoms with Crippen molar-refractivity contribution in [2.24, 2.45) is 5.73 Å². The number of methoxy groups -OCH3 is 1. The number of urea groups is 1. The molecule has 3 aliphatic heterocycles. The lowest BCUT2D eigenvalue weighted by atomic mass is 9.93. The highest BCUT2D eigenvalue weighted by atomic mass is 16.6. The summed E-state index contributed by atoms with van der Waals surface area (Å²) in [5.74, 6) is -0.0956. The van der Waals surface area contributed by atoms with Crippen molar-refractivity contribution in [3.05, 3.63) is 24.2 Å². The van der Waals surface area contributed by atoms with Crippen molar-refractivity contribution in [1.82, 2.24) is 16.0 Å². The van der Waals surface area contributed by atoms with Crippen LogP contribution in [0.1, 0.15) is 0 Å². The van der Waals surface area contributed by atoms with Gasteiger partial charge in [-0.1, -0.05) is 6.58 Å². The third-order valence-corrected chi connectivity index (χ3v) is 4.33. The third-order valence-electron chi connectivity index (χ3n) is 4.33. The summed E-state index contributed by atoms with van der Waals surface area (Å²) < 4.78 is 16.8. The van der Waals surface area contributed by atoms with E-state index >= 15 is 0 Å². The van der Waals surface area contributed by atoms with E-state index in [0.29, 0.717) is 5.82 Å². The second kappa shape index (κ2) is 6.40. The third kappa shape index (κ3) is 2.84. The van der Waals surface area contributed by atoms with Gasteiger partial charge in [-0.2, -0.15) is 0 Å². The first kappa shape index (κ1) is 16.7. The summed E-state index contributed by atoms with van der Waals surface area (Å²) in [7, 11) is 1.47. The maximum absolute atomic E-state index is 12.1. The van der Waals surface area contributed by atoms with Crippen LogP contribution in [0.4, 0.5) is 4.79 Å². The lowest BCUT2D eigenvalue weighted by Gasteiger charge is -2.38. The summed E-state index contributed by atoms with van der Waals surface area (Å²) in [6.45, 7) is 3.74. The molecule has 0 saturated carbocycles. The fraction of sp³-hybridized carbons (Fsp3) is 0.571. The van der Waals surface area contributed by atoms with E-state index in [-0.39, 0.29) is 12.2 Å². The molecular formula is C14H20N4O6. The normalized spacial score (nSPS) is 38.7. The summed E-state index contributed by atoms with van der Waals surface area (Å²) in [5.41, 5.74) is 5.42. The summed E-state index contributed by atoms with van der Waals surface area (Å²) in [6.07, 6.45) is -2.51. The average Bonchev–Trinajstić information content (AvgIpc) is 2.85. The van der Waals surface area contributed by atoms with Gasteiger partial charge in [0, 0.05) is 13.3 Å². The molecule has 0 aromatic rings. The van der Waals surface area contributed by atoms with Crippen LogP contribution in [0.15, 0.2) is 24.2 Å². The Bertz CT molecular complexity index is 594. The van der Waals surface area contributed by atoms with Crippen molar-refractivity contribution in [2.75, 3.05) is 13.7 Å². The summed E-state index contributed by atoms with van der Waals surface area (Å²) in [6, 6.07) is -1.35. The largest absolute Gasteiger partial charge is 0.387 e. The van der Waals surface area contributed by atoms with Crippen molar-refractivity contribution >= 4 is 11.9 Å². The molecule has 0 aliphatic carbocycles. The maximum atomic E-state index is 12.1. The van der Waals surface area contributed by atoms with Crippen molar-refractivity contribution < 1.29 is 28.9 Å². The van der Waals surface area contributed by atoms with E-state index < -0.39 is 48.5 Å². The van der Waals surface area contributed by atoms with E-state index in [1.807, 2.05) is 0 Å². The Kier molecular flexibility index (Phi) is 4.45. The molecule has 2 fully saturated rings. The molecule has 132 valence electrons. The van der Waals surface area contributed by atoms with Crippen LogP contribution in [0.2, 0.25) is 0 Å². The molecule has 3 heterocycles. The molecule has 0 spiro atoms. The van der Waals surface area contributed by atoms with E-state index in [4.69, 9.17) is 19.9 Å². The van der Waals surface area contributed by atoms with Crippen LogP contribution >= 0.6 is 0 Å². The van der Waals surface area contributed by atoms with Gasteiger partial charge in [-0.15, -0.1) is 0 Å². The number of aliphatic hydroxyl groups excluding tert-OH is 1. The number of nitrogens with two attached hydrogens (primary N) is 1. The lowest BCUT2D eigenvalue weighted by Crippen LogP contribution is -2.62. The number of rotatable bonds is 3. The van der Waals surface area contributed by atoms with E-state index in [9.17, 15) is 14.7 Å². The zero-order valence-electron chi connectivity index (χ0n) is 13.0. The highest BCUT2D eigenvalue weighted by Crippen LogP contribution is 2.35. The number of primary amides is 1. The molecule has 3 amide bonds. The topological polar surface area (TPSA) is 144 Å². The molecule has 0 bridgehead atoms. The highest BCUT2D eigenvalue weighted by molar-refractivity contribution is 5.96. The van der Waals surface area contributed by atoms with Crippen LogP contribution in [0.25, 0.3) is 0 Å². The number of ether oxygens (including phenoxy) is 3. The minimum Gasteiger partial charge on any atom is -0.387 e. The standard InChI is InChI=1S/C14H20N4O6/c1-5-16-3-6(13(20)17-5)10-9(19)12-11(24-10)8(18-14(15)21)7(22-2)4-23-12/h3,7-12,16,19H,1,4H2,2H3,(H,17,20)(H3,15,18,21)/t7-,8-,9+,10+,11-,12+/m1/s1. The molecule has 6 N–H and O–H groups in total. The average molecular weight is 340 g/mol. The predicted molar refractivity (Wildman–Crippen MR) is 80.2 cm³/mol. The van der Waals surface area contributed by atoms with Crippen molar-refractivity contribution in [3.63, 3.8) is 0 Å². The summed E-state index contributed by atoms with van der Waals surface area (Å²) >= 11 is 0. The highest BCUT2D eigenvalue weighted by Gasteiger charge is 2.55. The summed E-state index contributed by atoms with van der Waals surface area (Å²) in [4.78, 5) is 23.4. The Morgan fingerprint density at radius 3 is 2.92 bits per heavy atom. The number of carbonyl (C=O) groups excluding carboxylic acids is 2. The molecule has 0 aromatic heterocycles. The number of aliphatic hydroxyl groups is 1. The van der Waals surface area contributed by atoms with Crippen LogP contribution in [-0.2, 0) is 19.0 Å². The maximum Gasteiger partial charge on any atom is 0.312 e. The molecule has 2 saturated heterocycles. The first-order chi connectivity index (χ1) is 11.4. The van der Waals surface area contributed by atoms with Gasteiger partial charge in [-0.3, -0.25) is 4.79 Å². The van der Waals surface area contributed by atoms with E-state index in [1.165, 1.54) is 13.3 Å². The van der Waals surface area contributed by atoms with Gasteiger partial charge < -0.3 is 41.0 Å². The smallest absolute Gasteiger partial charge is 0.312 e. The molecule has 6 atom stereocenters. The van der Waals surface area contributed by atoms with Gasteiger partial charge in [0.05, 0.1) is 18.2 Å². The molecule has 3 rings (SSSR count). The van der Waals surface area contributed by atoms with E-state index in [2.05, 4.69) is 22.5 Å². The lowest BCUT2D eigenvalue weighted by molar-refractivity contribution is -0.143. The van der Waals surface area contributed by atoms with Crippen LogP contribution in [0.3, 0.4) is 0 Å². The number of carbonyl (C=O) groups is 2. The number of hydrogen-bond donors (Lipinski definition) is 5. The Morgan fingerprint density at radius 1 is 1.54 bits per heavy atom. The Labute approximate surface area is 138 Å². The van der Waals surface area contributed by atoms with Crippen LogP contribution < -0.4 is 21.7 Å². The minimum absolute atomic E-state index is 0.149. The van der Waals surface area contributed by atoms with Crippen LogP contribution in [-0.4, -0.2) is 67.3 Å². The molecule has 3 aliphatic rings. The number of nitrogens with one attached hydrogen (secondary N) is 3. The first-order valence-electron chi connectivity index (χ1n) is 7.43. The second-order valence-electron chi connectivity index (χ2n) is 5.80. The van der Waals surface area contributed by atoms with Crippen molar-refractivity contribution in [1.29, 1.82) is 0 Å². The van der Waals surface area contributed by atoms with Gasteiger partial charge in [0.25, 0.3) is 5.91 Å². The zero-order valence-corrected chi connectivity index (χ0v) is 13.0. The molecule has 10 nitrogen and oxygen atoms in total. The van der Waals surface area contributed by atoms with Gasteiger partial charge in [-0.25, -0.2) is 4.79 Å². The monoisotopic (exact) mass is 340 g/mol. The molecule has 10 heteroatoms. The second-order valence-corrected chi connectivity index (χ2v) is 5.80. The number of hydrogen-bond acceptors (Lipinski definition) is 7. The van der Waals surface area contributed by atoms with Gasteiger partial charge >= 0.3 is 6.03 Å². The SMILES string of the molecule is C=C1NC=C([C@@H]2O[C@@H]3[C@H](NC(N)=O)[C@H](OC)CO[C@H]3[C@H]2O)C(=O)N1. The molecular weight excluding hydrogens is 320 g/mol. The fourth-order valence-electron chi connectivity index (χ4n) is 3.20. The Hall–Kier alpha value is -2.14. The quantitative estimate of drug-likeness (QED) is 0.386. The van der Waals surface area contributed by atoms with Gasteiger partial charge in [0.1, 0.15) is 36.3 Å². The first-order valence-corrected chi connectivity index (χ1v) is 7.43. The number of amides is 3. The van der Waals surface area contributed by atoms with Crippen molar-refractivity contribution in [2.45, 2.75) is 36.6 Å². The van der Waals surface area contributed by atoms with Crippen molar-refractivity contribution in [3.8, 4) is 0 Å². The Balaban J connectivity index is 1.84.